The lowest BCUT2D eigenvalue weighted by Crippen LogP contribution is -2.35. The number of nitrogens with zero attached hydrogens (tertiary/aromatic N) is 7. The van der Waals surface area contributed by atoms with Crippen molar-refractivity contribution in [1.82, 2.24) is 39.0 Å². The van der Waals surface area contributed by atoms with Gasteiger partial charge in [-0.2, -0.15) is 9.93 Å². The molecule has 24 heteroatoms. The van der Waals surface area contributed by atoms with Crippen LogP contribution in [0, 0.1) is 0 Å². The lowest BCUT2D eigenvalue weighted by atomic mass is 10.1. The molecule has 3 N–H and O–H groups in total. The Hall–Kier alpha value is -2.10. The van der Waals surface area contributed by atoms with E-state index in [1.54, 1.807) is 0 Å². The minimum Gasteiger partial charge on any atom is -0.382 e. The molecule has 250 valence electrons. The number of hydrogen-bond acceptors (Lipinski definition) is 16. The highest BCUT2D eigenvalue weighted by Crippen LogP contribution is 2.70. The second-order valence-corrected chi connectivity index (χ2v) is 22.1. The maximum absolute atomic E-state index is 16.2. The SMILES string of the molecule is C[SH](C)SP1(=O)OC[C@H]2O[C@@H](n3cnc4c(N)ncnc43)[C@H](F)[C@@H]2OP(=O)(S)OC[C@H]2O[C@@H](n3cnc4c(=O)[nH]cnc43)C[C@@H]2O1. The van der Waals surface area contributed by atoms with Crippen LogP contribution in [-0.4, -0.2) is 95.4 Å². The Kier molecular flexibility index (Phi) is 8.75. The molecule has 3 fully saturated rings. The largest absolute Gasteiger partial charge is 0.398 e. The van der Waals surface area contributed by atoms with Crippen molar-refractivity contribution in [1.29, 1.82) is 0 Å². The number of ether oxygens (including phenoxy) is 2. The summed E-state index contributed by atoms with van der Waals surface area (Å²) in [5, 5.41) is 0. The Morgan fingerprint density at radius 2 is 1.74 bits per heavy atom. The zero-order valence-corrected chi connectivity index (χ0v) is 28.3. The van der Waals surface area contributed by atoms with Crippen LogP contribution in [0.5, 0.6) is 0 Å². The molecule has 2 unspecified atom stereocenters. The highest BCUT2D eigenvalue weighted by Gasteiger charge is 2.52. The van der Waals surface area contributed by atoms with Gasteiger partial charge < -0.3 is 20.2 Å². The highest BCUT2D eigenvalue weighted by molar-refractivity contribution is 9.04. The molecule has 0 saturated carbocycles. The van der Waals surface area contributed by atoms with Crippen LogP contribution in [0.2, 0.25) is 0 Å². The van der Waals surface area contributed by atoms with E-state index in [1.807, 2.05) is 12.5 Å². The lowest BCUT2D eigenvalue weighted by Gasteiger charge is -2.29. The molecule has 9 atom stereocenters. The zero-order chi connectivity index (χ0) is 32.4. The topological polar surface area (TPSA) is 223 Å². The van der Waals surface area contributed by atoms with E-state index in [4.69, 9.17) is 33.3 Å². The number of nitrogen functional groups attached to an aromatic ring is 1. The van der Waals surface area contributed by atoms with Gasteiger partial charge in [-0.25, -0.2) is 38.4 Å². The number of imidazole rings is 2. The van der Waals surface area contributed by atoms with Crippen LogP contribution in [-0.2, 0) is 36.7 Å². The molecule has 7 heterocycles. The van der Waals surface area contributed by atoms with Crippen LogP contribution in [0.4, 0.5) is 10.2 Å². The van der Waals surface area contributed by atoms with Gasteiger partial charge in [-0.1, -0.05) is 12.2 Å². The van der Waals surface area contributed by atoms with Gasteiger partial charge >= 0.3 is 13.6 Å². The minimum absolute atomic E-state index is 0.0865. The van der Waals surface area contributed by atoms with Gasteiger partial charge in [-0.15, -0.1) is 0 Å². The van der Waals surface area contributed by atoms with E-state index in [9.17, 15) is 13.9 Å². The number of H-pyrrole nitrogens is 1. The fourth-order valence-electron chi connectivity index (χ4n) is 5.40. The van der Waals surface area contributed by atoms with Gasteiger partial charge in [-0.05, 0) is 12.5 Å². The summed E-state index contributed by atoms with van der Waals surface area (Å²) in [5.41, 5.74) is 6.23. The average Bonchev–Trinajstić information content (AvgIpc) is 3.76. The number of nitrogens with one attached hydrogen (secondary N) is 1. The number of aromatic nitrogens is 8. The molecule has 4 aromatic rings. The van der Waals surface area contributed by atoms with E-state index in [1.165, 1.54) is 34.4 Å². The van der Waals surface area contributed by atoms with Crippen molar-refractivity contribution in [3.63, 3.8) is 0 Å². The third-order valence-electron chi connectivity index (χ3n) is 7.37. The molecule has 0 bridgehead atoms. The number of anilines is 1. The van der Waals surface area contributed by atoms with Crippen molar-refractivity contribution in [2.75, 3.05) is 31.5 Å². The standard InChI is InChI=1S/C22H28FN9O9P2S3/c1-46(2)45-43(35)37-5-12-17(14(23)22(39-12)32-9-29-15-18(24)25-6-26-19(15)32)41-42(34,44)36-4-11-10(40-43)3-13(38-11)31-8-30-16-20(31)27-7-28-21(16)33/h6-14,17,22,46H,3-5H2,1-2H3,(H,34,44)(H2,24,25,26)(H,27,28,33)/t10-,11+,12+,13+,14+,17+,22+,42?,43?/m0/s1. The van der Waals surface area contributed by atoms with Crippen molar-refractivity contribution in [2.24, 2.45) is 0 Å². The minimum atomic E-state index is -4.27. The molecule has 0 amide bonds. The van der Waals surface area contributed by atoms with Crippen molar-refractivity contribution < 1.29 is 41.1 Å². The third kappa shape index (κ3) is 6.13. The van der Waals surface area contributed by atoms with Gasteiger partial charge in [0.05, 0.1) is 32.2 Å². The van der Waals surface area contributed by atoms with Crippen molar-refractivity contribution in [2.45, 2.75) is 49.5 Å². The van der Waals surface area contributed by atoms with Gasteiger partial charge in [0.1, 0.15) is 42.5 Å². The molecule has 0 aromatic carbocycles. The van der Waals surface area contributed by atoms with E-state index in [2.05, 4.69) is 42.2 Å². The van der Waals surface area contributed by atoms with E-state index >= 15 is 4.39 Å². The Balaban J connectivity index is 1.19. The first kappa shape index (κ1) is 32.4. The molecule has 0 spiro atoms. The fourth-order valence-corrected chi connectivity index (χ4v) is 14.6. The summed E-state index contributed by atoms with van der Waals surface area (Å²) in [6, 6.07) is 0. The van der Waals surface area contributed by atoms with Crippen molar-refractivity contribution in [3.05, 3.63) is 35.7 Å². The molecule has 3 saturated heterocycles. The van der Waals surface area contributed by atoms with Gasteiger partial charge in [0.25, 0.3) is 5.56 Å². The maximum Gasteiger partial charge on any atom is 0.398 e. The first-order valence-electron chi connectivity index (χ1n) is 13.7. The van der Waals surface area contributed by atoms with Crippen LogP contribution < -0.4 is 11.3 Å². The van der Waals surface area contributed by atoms with E-state index in [0.29, 0.717) is 0 Å². The third-order valence-corrected chi connectivity index (χ3v) is 17.4. The number of thiol groups is 2. The number of halogens is 1. The quantitative estimate of drug-likeness (QED) is 0.134. The molecule has 0 aliphatic carbocycles. The van der Waals surface area contributed by atoms with Gasteiger partial charge in [0, 0.05) is 16.8 Å². The monoisotopic (exact) mass is 739 g/mol. The Labute approximate surface area is 270 Å². The molecular formula is C22H28FN9O9P2S3. The number of hydrogen-bond donors (Lipinski definition) is 4. The van der Waals surface area contributed by atoms with Crippen LogP contribution >= 0.6 is 46.2 Å². The summed E-state index contributed by atoms with van der Waals surface area (Å²) in [7, 11) is 0.129. The van der Waals surface area contributed by atoms with Gasteiger partial charge in [0.15, 0.2) is 35.0 Å². The van der Waals surface area contributed by atoms with Crippen LogP contribution in [0.1, 0.15) is 18.9 Å². The number of nitrogens with two attached hydrogens (primary N) is 1. The van der Waals surface area contributed by atoms with Crippen molar-refractivity contribution >= 4 is 74.3 Å². The molecular weight excluding hydrogens is 711 g/mol. The average molecular weight is 740 g/mol. The predicted octanol–water partition coefficient (Wildman–Crippen LogP) is 2.94. The van der Waals surface area contributed by atoms with Gasteiger partial charge in [-0.3, -0.25) is 32.0 Å². The number of rotatable bonds is 4. The molecule has 3 aliphatic heterocycles. The van der Waals surface area contributed by atoms with Crippen LogP contribution in [0.25, 0.3) is 22.3 Å². The first-order chi connectivity index (χ1) is 21.9. The summed E-state index contributed by atoms with van der Waals surface area (Å²) >= 11 is 4.11. The number of alkyl halides is 1. The highest BCUT2D eigenvalue weighted by atomic mass is 33.4. The zero-order valence-electron chi connectivity index (χ0n) is 23.9. The number of aromatic amines is 1. The van der Waals surface area contributed by atoms with Gasteiger partial charge in [0.2, 0.25) is 0 Å². The molecule has 46 heavy (non-hydrogen) atoms. The first-order valence-corrected chi connectivity index (χ1v) is 22.2. The second-order valence-electron chi connectivity index (χ2n) is 10.6. The predicted molar refractivity (Wildman–Crippen MR) is 169 cm³/mol. The van der Waals surface area contributed by atoms with Crippen molar-refractivity contribution in [3.8, 4) is 0 Å². The fraction of sp³-hybridized carbons (Fsp3) is 0.545. The summed E-state index contributed by atoms with van der Waals surface area (Å²) in [5.74, 6) is 0.0865. The van der Waals surface area contributed by atoms with Crippen LogP contribution in [0.15, 0.2) is 30.1 Å². The molecule has 3 aliphatic rings. The molecule has 18 nitrogen and oxygen atoms in total. The Morgan fingerprint density at radius 3 is 2.54 bits per heavy atom. The Bertz CT molecular complexity index is 1930. The lowest BCUT2D eigenvalue weighted by molar-refractivity contribution is -0.0540. The van der Waals surface area contributed by atoms with E-state index < -0.39 is 85.3 Å². The van der Waals surface area contributed by atoms with E-state index in [0.717, 1.165) is 10.4 Å². The smallest absolute Gasteiger partial charge is 0.382 e. The van der Waals surface area contributed by atoms with E-state index in [-0.39, 0.29) is 34.6 Å². The normalized spacial score (nSPS) is 35.8. The summed E-state index contributed by atoms with van der Waals surface area (Å²) < 4.78 is 82.2. The number of fused-ring (bicyclic) bond motifs is 4. The van der Waals surface area contributed by atoms with Crippen LogP contribution in [0.3, 0.4) is 0 Å². The molecule has 0 radical (unpaired) electrons. The summed E-state index contributed by atoms with van der Waals surface area (Å²) in [6.07, 6.45) is 0.219. The summed E-state index contributed by atoms with van der Waals surface area (Å²) in [4.78, 5) is 35.2. The summed E-state index contributed by atoms with van der Waals surface area (Å²) in [6.45, 7) is -9.10. The molecule has 4 aromatic heterocycles. The maximum atomic E-state index is 16.2. The second kappa shape index (κ2) is 12.4. The molecule has 7 rings (SSSR count). The Morgan fingerprint density at radius 1 is 1.00 bits per heavy atom.